The average Bonchev–Trinajstić information content (AvgIpc) is 2.10. The van der Waals surface area contributed by atoms with Crippen molar-refractivity contribution in [3.8, 4) is 0 Å². The zero-order valence-electron chi connectivity index (χ0n) is 53.1. The second-order valence-corrected chi connectivity index (χ2v) is 26.5. The monoisotopic (exact) mass is 1210 g/mol. The van der Waals surface area contributed by atoms with Crippen molar-refractivity contribution in [1.29, 1.82) is 5.26 Å². The number of rotatable bonds is 9. The van der Waals surface area contributed by atoms with E-state index in [0.29, 0.717) is 110 Å². The number of hydrogen-bond donors (Lipinski definition) is 1. The maximum atomic E-state index is 12.7. The van der Waals surface area contributed by atoms with Crippen molar-refractivity contribution < 1.29 is 72.6 Å². The number of likely N-dealkylation sites (tertiary alicyclic amines) is 7. The summed E-state index contributed by atoms with van der Waals surface area (Å²) < 4.78 is 10.3. The number of piperidine rings is 5. The maximum Gasteiger partial charge on any atom is 1.00 e. The molecular weight excluding hydrogens is 1110 g/mol. The van der Waals surface area contributed by atoms with Crippen LogP contribution in [0.25, 0.3) is 0 Å². The Morgan fingerprint density at radius 1 is 0.517 bits per heavy atom. The first-order chi connectivity index (χ1) is 40.7. The van der Waals surface area contributed by atoms with Crippen LogP contribution in [0.4, 0.5) is 9.59 Å². The van der Waals surface area contributed by atoms with Crippen LogP contribution in [0.5, 0.6) is 0 Å². The van der Waals surface area contributed by atoms with Crippen LogP contribution < -0.4 is 34.9 Å². The van der Waals surface area contributed by atoms with Crippen LogP contribution in [0.1, 0.15) is 206 Å². The number of nitrogens with zero attached hydrogens (tertiary/aromatic N) is 8. The van der Waals surface area contributed by atoms with Gasteiger partial charge in [-0.1, -0.05) is 76.3 Å². The van der Waals surface area contributed by atoms with Gasteiger partial charge in [0.05, 0.1) is 18.8 Å². The Morgan fingerprint density at radius 3 is 1.30 bits per heavy atom. The van der Waals surface area contributed by atoms with Gasteiger partial charge in [0, 0.05) is 141 Å². The average molecular weight is 1220 g/mol. The van der Waals surface area contributed by atoms with Gasteiger partial charge < -0.3 is 56.0 Å². The number of Topliss-reactive ketones (excluding diaryl/α,β-unsaturated/α-hetero) is 2. The van der Waals surface area contributed by atoms with Gasteiger partial charge in [-0.25, -0.2) is 9.59 Å². The molecule has 0 bridgehead atoms. The number of carbonyl (C=O) groups excluding carboxylic acids is 7. The van der Waals surface area contributed by atoms with Gasteiger partial charge in [-0.2, -0.15) is 0 Å². The molecule has 20 heteroatoms. The number of ether oxygens (including phenoxy) is 2. The number of ketones is 2. The molecule has 6 atom stereocenters. The number of nitrogens with one attached hydrogen (secondary N) is 1. The Balaban J connectivity index is 0.000000215. The summed E-state index contributed by atoms with van der Waals surface area (Å²) in [5.41, 5.74) is 0.796. The van der Waals surface area contributed by atoms with E-state index in [1.54, 1.807) is 4.90 Å². The molecular formula is C67H106BN9NaO9. The summed E-state index contributed by atoms with van der Waals surface area (Å²) in [6.45, 7) is 21.5. The van der Waals surface area contributed by atoms with E-state index in [1.807, 2.05) is 62.9 Å². The standard InChI is InChI=1S/C22H37N3O3.C21H28N2O2.C13H22N2O.C9H15NO3.CN.CH4.B.Na/c1-16(2)28-22(27)24-13-7-18(8-14-24)23-11-9-19(10-12-23)25-20-6-4-3-5-17(20)15-21(25)26;24-20(16-6-2-1-3-7-16)15-22-12-10-18(11-13-22)23-19-9-5-4-8-17(19)14-21(23)25;16-13-9-10-3-1-2-4-12(10)15(13)11-5-7-14-8-6-11;1-7(2)13-9(12)10-5-3-8(11)4-6-10;1-2;;;/h16-20H,3-15H2,1-2H3;1-3,6-7,17-19H,4-5,8-15H2;10-12,14H,1-9H2;7H,3-6H2,1-2H3;;1H4;;/q;;;;-1;;;+1/t17-,20-;17-,19-;10-,12-;;;;;/m000...../s1. The Labute approximate surface area is 546 Å². The molecule has 1 aromatic carbocycles. The number of hydrogen-bond acceptors (Lipinski definition) is 13. The summed E-state index contributed by atoms with van der Waals surface area (Å²) >= 11 is 0. The van der Waals surface area contributed by atoms with Crippen LogP contribution in [-0.4, -0.2) is 211 Å². The Morgan fingerprint density at radius 2 is 0.885 bits per heavy atom. The van der Waals surface area contributed by atoms with E-state index in [0.717, 1.165) is 129 Å². The molecule has 87 heavy (non-hydrogen) atoms. The molecule has 477 valence electrons. The molecule has 8 aliphatic heterocycles. The molecule has 0 unspecified atom stereocenters. The van der Waals surface area contributed by atoms with Gasteiger partial charge in [0.1, 0.15) is 5.78 Å². The van der Waals surface area contributed by atoms with Crippen molar-refractivity contribution in [1.82, 2.24) is 39.6 Å². The van der Waals surface area contributed by atoms with Gasteiger partial charge in [-0.3, -0.25) is 28.9 Å². The van der Waals surface area contributed by atoms with Gasteiger partial charge >= 0.3 is 41.7 Å². The second kappa shape index (κ2) is 36.7. The number of amides is 5. The molecule has 11 aliphatic rings. The third-order valence-electron chi connectivity index (χ3n) is 20.4. The molecule has 12 rings (SSSR count). The van der Waals surface area contributed by atoms with Crippen molar-refractivity contribution in [3.63, 3.8) is 0 Å². The first-order valence-electron chi connectivity index (χ1n) is 33.0. The van der Waals surface area contributed by atoms with Crippen molar-refractivity contribution in [2.24, 2.45) is 17.8 Å². The predicted molar refractivity (Wildman–Crippen MR) is 333 cm³/mol. The largest absolute Gasteiger partial charge is 1.00 e. The van der Waals surface area contributed by atoms with E-state index < -0.39 is 0 Å². The van der Waals surface area contributed by atoms with E-state index in [1.165, 1.54) is 77.0 Å². The summed E-state index contributed by atoms with van der Waals surface area (Å²) in [5.74, 6) is 3.62. The topological polar surface area (TPSA) is 196 Å². The summed E-state index contributed by atoms with van der Waals surface area (Å²) in [7, 11) is 0. The number of carbonyl (C=O) groups is 7. The van der Waals surface area contributed by atoms with Crippen LogP contribution >= 0.6 is 0 Å². The van der Waals surface area contributed by atoms with Crippen molar-refractivity contribution in [3.05, 3.63) is 42.5 Å². The van der Waals surface area contributed by atoms with Gasteiger partial charge in [-0.15, -0.1) is 0 Å². The molecule has 1 aromatic rings. The quantitative estimate of drug-likeness (QED) is 0.161. The fourth-order valence-corrected chi connectivity index (χ4v) is 16.1. The van der Waals surface area contributed by atoms with Crippen LogP contribution in [-0.2, 0) is 28.7 Å². The molecule has 8 heterocycles. The minimum atomic E-state index is -0.303. The SMILES string of the molecule is C.CC(C)OC(=O)N1CCC(=O)CC1.CC(C)OC(=O)N1CCC(N2CCC(N3C(=O)C[C@@H]4CCCC[C@@H]43)CC2)CC1.O=C(CN1CCC(N2C(=O)C[C@@H]3CCCC[C@@H]32)CC1)c1ccccc1.O=C1C[C@@H]2CCCC[C@@H]2N1C1CCNCC1.[B].[C-]#N.[Na+]. The Hall–Kier alpha value is -4.06. The summed E-state index contributed by atoms with van der Waals surface area (Å²) in [6.07, 6.45) is 26.7. The third kappa shape index (κ3) is 20.2. The molecule has 0 aromatic heterocycles. The van der Waals surface area contributed by atoms with Crippen LogP contribution in [0.2, 0.25) is 0 Å². The molecule has 3 saturated carbocycles. The molecule has 5 amide bonds. The molecule has 3 radical (unpaired) electrons. The molecule has 11 fully saturated rings. The third-order valence-corrected chi connectivity index (χ3v) is 20.4. The molecule has 18 nitrogen and oxygen atoms in total. The van der Waals surface area contributed by atoms with E-state index in [9.17, 15) is 33.6 Å². The predicted octanol–water partition coefficient (Wildman–Crippen LogP) is 6.46. The van der Waals surface area contributed by atoms with Crippen LogP contribution in [0.15, 0.2) is 30.3 Å². The van der Waals surface area contributed by atoms with Crippen LogP contribution in [0, 0.1) is 29.6 Å². The molecule has 0 spiro atoms. The zero-order chi connectivity index (χ0) is 59.7. The van der Waals surface area contributed by atoms with E-state index in [4.69, 9.17) is 21.3 Å². The fourth-order valence-electron chi connectivity index (χ4n) is 16.1. The normalized spacial score (nSPS) is 27.4. The van der Waals surface area contributed by atoms with Gasteiger partial charge in [-0.05, 0) is 148 Å². The van der Waals surface area contributed by atoms with E-state index in [-0.39, 0.29) is 81.4 Å². The first kappa shape index (κ1) is 73.7. The van der Waals surface area contributed by atoms with Gasteiger partial charge in [0.2, 0.25) is 17.7 Å². The maximum absolute atomic E-state index is 12.7. The van der Waals surface area contributed by atoms with Gasteiger partial charge in [0.25, 0.3) is 0 Å². The van der Waals surface area contributed by atoms with Crippen LogP contribution in [0.3, 0.4) is 0 Å². The smallest absolute Gasteiger partial charge is 0.512 e. The van der Waals surface area contributed by atoms with Gasteiger partial charge in [0.15, 0.2) is 5.78 Å². The van der Waals surface area contributed by atoms with Crippen molar-refractivity contribution >= 4 is 49.9 Å². The molecule has 3 aliphatic carbocycles. The second-order valence-electron chi connectivity index (χ2n) is 26.5. The van der Waals surface area contributed by atoms with E-state index in [2.05, 4.69) is 29.8 Å². The summed E-state index contributed by atoms with van der Waals surface area (Å²) in [4.78, 5) is 99.1. The first-order valence-corrected chi connectivity index (χ1v) is 33.0. The fraction of sp³-hybridized carbons (Fsp3) is 0.791. The summed E-state index contributed by atoms with van der Waals surface area (Å²) in [6, 6.07) is 13.2. The number of benzene rings is 1. The summed E-state index contributed by atoms with van der Waals surface area (Å²) in [5, 5.41) is 9.64. The number of fused-ring (bicyclic) bond motifs is 3. The minimum absolute atomic E-state index is 0. The Kier molecular flexibility index (Phi) is 31.1. The van der Waals surface area contributed by atoms with Crippen molar-refractivity contribution in [2.45, 2.75) is 250 Å². The molecule has 1 N–H and O–H groups in total. The zero-order valence-corrected chi connectivity index (χ0v) is 55.1. The van der Waals surface area contributed by atoms with E-state index >= 15 is 0 Å². The minimum Gasteiger partial charge on any atom is -0.512 e. The van der Waals surface area contributed by atoms with Crippen molar-refractivity contribution in [2.75, 3.05) is 72.0 Å². The molecule has 8 saturated heterocycles. The Bertz CT molecular complexity index is 2330.